The van der Waals surface area contributed by atoms with Gasteiger partial charge in [-0.25, -0.2) is 4.39 Å². The van der Waals surface area contributed by atoms with E-state index in [9.17, 15) is 9.50 Å². The average molecular weight is 180 g/mol. The Morgan fingerprint density at radius 1 is 1.54 bits per heavy atom. The van der Waals surface area contributed by atoms with E-state index in [0.717, 1.165) is 12.0 Å². The molecule has 0 aromatic heterocycles. The molecule has 1 N–H and O–H groups in total. The third-order valence-corrected chi connectivity index (χ3v) is 2.91. The number of aliphatic hydroxyl groups is 1. The van der Waals surface area contributed by atoms with Crippen LogP contribution >= 0.6 is 0 Å². The van der Waals surface area contributed by atoms with Crippen molar-refractivity contribution in [2.75, 3.05) is 0 Å². The molecule has 1 nitrogen and oxygen atoms in total. The molecular weight excluding hydrogens is 167 g/mol. The molecule has 13 heavy (non-hydrogen) atoms. The lowest BCUT2D eigenvalue weighted by Gasteiger charge is -2.11. The van der Waals surface area contributed by atoms with E-state index in [0.29, 0.717) is 12.0 Å². The van der Waals surface area contributed by atoms with Gasteiger partial charge in [-0.2, -0.15) is 0 Å². The second-order valence-electron chi connectivity index (χ2n) is 3.62. The number of hydrogen-bond donors (Lipinski definition) is 1. The topological polar surface area (TPSA) is 20.2 Å². The summed E-state index contributed by atoms with van der Waals surface area (Å²) in [5, 5.41) is 9.80. The van der Waals surface area contributed by atoms with Gasteiger partial charge in [-0.3, -0.25) is 0 Å². The Morgan fingerprint density at radius 3 is 2.92 bits per heavy atom. The Kier molecular flexibility index (Phi) is 2.08. The zero-order valence-corrected chi connectivity index (χ0v) is 7.63. The highest BCUT2D eigenvalue weighted by Gasteiger charge is 2.31. The van der Waals surface area contributed by atoms with Crippen LogP contribution < -0.4 is 0 Å². The van der Waals surface area contributed by atoms with Crippen molar-refractivity contribution in [1.82, 2.24) is 0 Å². The lowest BCUT2D eigenvalue weighted by atomic mass is 10.0. The molecule has 2 unspecified atom stereocenters. The average Bonchev–Trinajstić information content (AvgIpc) is 2.45. The Balaban J connectivity index is 2.43. The molecule has 0 heterocycles. The van der Waals surface area contributed by atoms with Crippen LogP contribution in [0.1, 0.15) is 30.6 Å². The Labute approximate surface area is 77.2 Å². The van der Waals surface area contributed by atoms with Gasteiger partial charge >= 0.3 is 0 Å². The largest absolute Gasteiger partial charge is 0.388 e. The van der Waals surface area contributed by atoms with Crippen molar-refractivity contribution in [1.29, 1.82) is 0 Å². The normalized spacial score (nSPS) is 26.1. The number of aliphatic hydroxyl groups excluding tert-OH is 1. The Morgan fingerprint density at radius 2 is 2.31 bits per heavy atom. The molecule has 1 aromatic rings. The summed E-state index contributed by atoms with van der Waals surface area (Å²) in [4.78, 5) is 0. The van der Waals surface area contributed by atoms with E-state index in [1.165, 1.54) is 6.07 Å². The maximum Gasteiger partial charge on any atom is 0.126 e. The summed E-state index contributed by atoms with van der Waals surface area (Å²) in [6.07, 6.45) is 1.12. The predicted molar refractivity (Wildman–Crippen MR) is 48.8 cm³/mol. The lowest BCUT2D eigenvalue weighted by Crippen LogP contribution is -2.04. The van der Waals surface area contributed by atoms with Gasteiger partial charge in [0.15, 0.2) is 0 Å². The van der Waals surface area contributed by atoms with Crippen LogP contribution in [0.15, 0.2) is 18.2 Å². The van der Waals surface area contributed by atoms with Crippen LogP contribution in [0.25, 0.3) is 0 Å². The second-order valence-corrected chi connectivity index (χ2v) is 3.62. The first kappa shape index (κ1) is 8.70. The molecule has 0 bridgehead atoms. The van der Waals surface area contributed by atoms with Gasteiger partial charge in [-0.15, -0.1) is 0 Å². The van der Waals surface area contributed by atoms with Crippen LogP contribution in [-0.4, -0.2) is 5.11 Å². The summed E-state index contributed by atoms with van der Waals surface area (Å²) in [6.45, 7) is 2.03. The zero-order chi connectivity index (χ0) is 9.42. The third-order valence-electron chi connectivity index (χ3n) is 2.91. The first-order valence-corrected chi connectivity index (χ1v) is 4.69. The molecule has 0 saturated carbocycles. The molecule has 70 valence electrons. The van der Waals surface area contributed by atoms with Crippen LogP contribution in [-0.2, 0) is 6.42 Å². The fraction of sp³-hybridized carbons (Fsp3) is 0.455. The van der Waals surface area contributed by atoms with Crippen LogP contribution in [0.3, 0.4) is 0 Å². The minimum absolute atomic E-state index is 0.174. The monoisotopic (exact) mass is 180 g/mol. The summed E-state index contributed by atoms with van der Waals surface area (Å²) < 4.78 is 13.3. The molecule has 1 aliphatic carbocycles. The molecular formula is C11H13FO. The maximum atomic E-state index is 13.3. The molecule has 1 aliphatic rings. The first-order valence-electron chi connectivity index (χ1n) is 4.69. The van der Waals surface area contributed by atoms with E-state index in [1.54, 1.807) is 6.07 Å². The summed E-state index contributed by atoms with van der Waals surface area (Å²) in [5.74, 6) is 0.0272. The van der Waals surface area contributed by atoms with Crippen LogP contribution in [0.4, 0.5) is 4.39 Å². The quantitative estimate of drug-likeness (QED) is 0.703. The highest BCUT2D eigenvalue weighted by atomic mass is 19.1. The number of hydrogen-bond acceptors (Lipinski definition) is 1. The summed E-state index contributed by atoms with van der Waals surface area (Å²) >= 11 is 0. The first-order chi connectivity index (χ1) is 6.24. The third kappa shape index (κ3) is 1.25. The number of halogens is 1. The van der Waals surface area contributed by atoms with Gasteiger partial charge in [-0.05, 0) is 29.5 Å². The second kappa shape index (κ2) is 3.11. The van der Waals surface area contributed by atoms with Gasteiger partial charge < -0.3 is 5.11 Å². The van der Waals surface area contributed by atoms with Crippen molar-refractivity contribution in [3.63, 3.8) is 0 Å². The standard InChI is InChI=1S/C11H13FO/c1-2-7-6-9-8(11(7)13)4-3-5-10(9)12/h3-5,7,11,13H,2,6H2,1H3. The van der Waals surface area contributed by atoms with Gasteiger partial charge in [0.2, 0.25) is 0 Å². The lowest BCUT2D eigenvalue weighted by molar-refractivity contribution is 0.121. The van der Waals surface area contributed by atoms with Crippen molar-refractivity contribution in [2.24, 2.45) is 5.92 Å². The van der Waals surface area contributed by atoms with E-state index in [2.05, 4.69) is 0 Å². The van der Waals surface area contributed by atoms with Gasteiger partial charge in [-0.1, -0.05) is 25.5 Å². The molecule has 0 saturated heterocycles. The van der Waals surface area contributed by atoms with Crippen molar-refractivity contribution in [3.8, 4) is 0 Å². The minimum atomic E-state index is -0.462. The van der Waals surface area contributed by atoms with Crippen molar-refractivity contribution in [2.45, 2.75) is 25.9 Å². The molecule has 2 heteroatoms. The van der Waals surface area contributed by atoms with Gasteiger partial charge in [0.05, 0.1) is 6.10 Å². The van der Waals surface area contributed by atoms with Crippen molar-refractivity contribution in [3.05, 3.63) is 35.1 Å². The highest BCUT2D eigenvalue weighted by molar-refractivity contribution is 5.35. The molecule has 0 amide bonds. The molecule has 1 aromatic carbocycles. The summed E-state index contributed by atoms with van der Waals surface area (Å²) in [5.41, 5.74) is 1.49. The Bertz CT molecular complexity index is 322. The molecule has 0 aliphatic heterocycles. The number of rotatable bonds is 1. The molecule has 2 rings (SSSR count). The van der Waals surface area contributed by atoms with Crippen LogP contribution in [0.2, 0.25) is 0 Å². The molecule has 0 fully saturated rings. The van der Waals surface area contributed by atoms with E-state index in [4.69, 9.17) is 0 Å². The number of fused-ring (bicyclic) bond motifs is 1. The molecule has 0 spiro atoms. The SMILES string of the molecule is CCC1Cc2c(F)cccc2C1O. The number of benzene rings is 1. The van der Waals surface area contributed by atoms with Crippen LogP contribution in [0.5, 0.6) is 0 Å². The molecule has 2 atom stereocenters. The van der Waals surface area contributed by atoms with Crippen molar-refractivity contribution < 1.29 is 9.50 Å². The van der Waals surface area contributed by atoms with Crippen LogP contribution in [0, 0.1) is 11.7 Å². The smallest absolute Gasteiger partial charge is 0.126 e. The maximum absolute atomic E-state index is 13.3. The molecule has 0 radical (unpaired) electrons. The van der Waals surface area contributed by atoms with Gasteiger partial charge in [0, 0.05) is 0 Å². The summed E-state index contributed by atoms with van der Waals surface area (Å²) in [6, 6.07) is 4.94. The fourth-order valence-electron chi connectivity index (χ4n) is 2.06. The fourth-order valence-corrected chi connectivity index (χ4v) is 2.06. The van der Waals surface area contributed by atoms with Crippen molar-refractivity contribution >= 4 is 0 Å². The van der Waals surface area contributed by atoms with E-state index in [-0.39, 0.29) is 11.7 Å². The van der Waals surface area contributed by atoms with E-state index >= 15 is 0 Å². The summed E-state index contributed by atoms with van der Waals surface area (Å²) in [7, 11) is 0. The predicted octanol–water partition coefficient (Wildman–Crippen LogP) is 2.44. The minimum Gasteiger partial charge on any atom is -0.388 e. The zero-order valence-electron chi connectivity index (χ0n) is 7.63. The van der Waals surface area contributed by atoms with Gasteiger partial charge in [0.25, 0.3) is 0 Å². The van der Waals surface area contributed by atoms with Gasteiger partial charge in [0.1, 0.15) is 5.82 Å². The van der Waals surface area contributed by atoms with E-state index in [1.807, 2.05) is 13.0 Å². The van der Waals surface area contributed by atoms with E-state index < -0.39 is 6.10 Å². The highest BCUT2D eigenvalue weighted by Crippen LogP contribution is 2.38. The Hall–Kier alpha value is -0.890.